The maximum absolute atomic E-state index is 12.7. The van der Waals surface area contributed by atoms with Crippen molar-refractivity contribution in [1.82, 2.24) is 20.3 Å². The Hall–Kier alpha value is -4.90. The van der Waals surface area contributed by atoms with Crippen LogP contribution >= 0.6 is 12.2 Å². The molecule has 5 aromatic rings. The zero-order valence-corrected chi connectivity index (χ0v) is 20.6. The maximum Gasteiger partial charge on any atom is 0.311 e. The number of amides is 1. The standard InChI is InChI=1S/C26H20N6O4S/c1-15-12-20-21(30-31(29-20)22-9-5-7-16-6-3-4-8-18(16)22)14-19(15)27-26(37)28-25(33)17-10-11-24(36-2)23(13-17)32(34)35/h3-14H,1-2H3,(H2,27,28,33,37). The number of methoxy groups -OCH3 is 1. The minimum atomic E-state index is -0.615. The van der Waals surface area contributed by atoms with Crippen molar-refractivity contribution < 1.29 is 14.5 Å². The monoisotopic (exact) mass is 512 g/mol. The first-order valence-corrected chi connectivity index (χ1v) is 11.6. The molecular formula is C26H20N6O4S. The van der Waals surface area contributed by atoms with E-state index in [-0.39, 0.29) is 22.1 Å². The number of benzene rings is 4. The SMILES string of the molecule is COc1ccc(C(=O)NC(=S)Nc2cc3nn(-c4cccc5ccccc45)nc3cc2C)cc1[N+](=O)[O-]. The zero-order chi connectivity index (χ0) is 26.1. The third-order valence-electron chi connectivity index (χ3n) is 5.82. The number of aryl methyl sites for hydroxylation is 1. The van der Waals surface area contributed by atoms with Crippen molar-refractivity contribution >= 4 is 56.4 Å². The molecule has 10 nitrogen and oxygen atoms in total. The molecule has 184 valence electrons. The number of hydrogen-bond acceptors (Lipinski definition) is 7. The molecule has 0 aliphatic rings. The highest BCUT2D eigenvalue weighted by Crippen LogP contribution is 2.28. The lowest BCUT2D eigenvalue weighted by molar-refractivity contribution is -0.385. The molecule has 1 aromatic heterocycles. The molecule has 1 heterocycles. The van der Waals surface area contributed by atoms with E-state index in [4.69, 9.17) is 17.0 Å². The van der Waals surface area contributed by atoms with Crippen LogP contribution in [0.4, 0.5) is 11.4 Å². The van der Waals surface area contributed by atoms with E-state index in [0.29, 0.717) is 16.7 Å². The molecule has 1 amide bonds. The summed E-state index contributed by atoms with van der Waals surface area (Å²) in [6, 6.07) is 21.6. The summed E-state index contributed by atoms with van der Waals surface area (Å²) in [6.07, 6.45) is 0. The predicted octanol–water partition coefficient (Wildman–Crippen LogP) is 4.93. The van der Waals surface area contributed by atoms with Crippen molar-refractivity contribution in [2.75, 3.05) is 12.4 Å². The summed E-state index contributed by atoms with van der Waals surface area (Å²) in [5.41, 5.74) is 3.44. The summed E-state index contributed by atoms with van der Waals surface area (Å²) < 4.78 is 4.98. The van der Waals surface area contributed by atoms with E-state index >= 15 is 0 Å². The molecule has 5 rings (SSSR count). The maximum atomic E-state index is 12.7. The second-order valence-corrected chi connectivity index (χ2v) is 8.60. The second-order valence-electron chi connectivity index (χ2n) is 8.20. The Balaban J connectivity index is 1.38. The lowest BCUT2D eigenvalue weighted by Crippen LogP contribution is -2.34. The molecule has 0 radical (unpaired) electrons. The van der Waals surface area contributed by atoms with Gasteiger partial charge in [0.15, 0.2) is 10.9 Å². The number of hydrogen-bond donors (Lipinski definition) is 2. The lowest BCUT2D eigenvalue weighted by Gasteiger charge is -2.12. The number of nitrogens with one attached hydrogen (secondary N) is 2. The highest BCUT2D eigenvalue weighted by Gasteiger charge is 2.19. The number of nitro groups is 1. The largest absolute Gasteiger partial charge is 0.490 e. The van der Waals surface area contributed by atoms with Crippen LogP contribution in [0.25, 0.3) is 27.5 Å². The van der Waals surface area contributed by atoms with Gasteiger partial charge in [0, 0.05) is 22.7 Å². The van der Waals surface area contributed by atoms with E-state index in [0.717, 1.165) is 28.1 Å². The van der Waals surface area contributed by atoms with Crippen molar-refractivity contribution in [2.45, 2.75) is 6.92 Å². The average Bonchev–Trinajstić information content (AvgIpc) is 3.30. The Labute approximate surface area is 216 Å². The topological polar surface area (TPSA) is 124 Å². The first-order valence-electron chi connectivity index (χ1n) is 11.1. The third-order valence-corrected chi connectivity index (χ3v) is 6.03. The number of rotatable bonds is 5. The number of nitrogens with zero attached hydrogens (tertiary/aromatic N) is 4. The minimum absolute atomic E-state index is 0.0346. The number of nitro benzene ring substituents is 1. The first-order chi connectivity index (χ1) is 17.8. The fraction of sp³-hybridized carbons (Fsp3) is 0.0769. The number of ether oxygens (including phenoxy) is 1. The van der Waals surface area contributed by atoms with Gasteiger partial charge >= 0.3 is 5.69 Å². The van der Waals surface area contributed by atoms with Gasteiger partial charge in [-0.15, -0.1) is 15.0 Å². The molecule has 0 unspecified atom stereocenters. The third kappa shape index (κ3) is 4.67. The molecule has 4 aromatic carbocycles. The number of thiocarbonyl (C=S) groups is 1. The van der Waals surface area contributed by atoms with Gasteiger partial charge in [0.1, 0.15) is 11.0 Å². The van der Waals surface area contributed by atoms with Crippen LogP contribution in [0.15, 0.2) is 72.8 Å². The molecule has 0 saturated carbocycles. The van der Waals surface area contributed by atoms with Gasteiger partial charge in [0.2, 0.25) is 0 Å². The van der Waals surface area contributed by atoms with Gasteiger partial charge in [-0.2, -0.15) is 0 Å². The quantitative estimate of drug-likeness (QED) is 0.193. The number of aromatic nitrogens is 3. The van der Waals surface area contributed by atoms with E-state index in [1.807, 2.05) is 55.5 Å². The summed E-state index contributed by atoms with van der Waals surface area (Å²) in [6.45, 7) is 1.88. The van der Waals surface area contributed by atoms with Crippen molar-refractivity contribution in [3.8, 4) is 11.4 Å². The van der Waals surface area contributed by atoms with Crippen molar-refractivity contribution in [3.63, 3.8) is 0 Å². The Kier molecular flexibility index (Phi) is 6.20. The lowest BCUT2D eigenvalue weighted by atomic mass is 10.1. The summed E-state index contributed by atoms with van der Waals surface area (Å²) >= 11 is 5.32. The van der Waals surface area contributed by atoms with E-state index in [2.05, 4.69) is 20.8 Å². The molecular weight excluding hydrogens is 492 g/mol. The summed E-state index contributed by atoms with van der Waals surface area (Å²) in [7, 11) is 1.32. The number of carbonyl (C=O) groups excluding carboxylic acids is 1. The normalized spacial score (nSPS) is 10.9. The fourth-order valence-electron chi connectivity index (χ4n) is 4.00. The average molecular weight is 513 g/mol. The molecule has 0 spiro atoms. The summed E-state index contributed by atoms with van der Waals surface area (Å²) in [5, 5.41) is 28.3. The predicted molar refractivity (Wildman–Crippen MR) is 144 cm³/mol. The van der Waals surface area contributed by atoms with Crippen LogP contribution in [0.2, 0.25) is 0 Å². The Morgan fingerprint density at radius 3 is 2.51 bits per heavy atom. The van der Waals surface area contributed by atoms with Crippen molar-refractivity contribution in [3.05, 3.63) is 94.0 Å². The van der Waals surface area contributed by atoms with Crippen LogP contribution in [0.5, 0.6) is 5.75 Å². The van der Waals surface area contributed by atoms with E-state index in [9.17, 15) is 14.9 Å². The minimum Gasteiger partial charge on any atom is -0.490 e. The molecule has 0 aliphatic carbocycles. The number of fused-ring (bicyclic) bond motifs is 2. The van der Waals surface area contributed by atoms with E-state index < -0.39 is 10.8 Å². The van der Waals surface area contributed by atoms with Gasteiger partial charge < -0.3 is 10.1 Å². The molecule has 0 bridgehead atoms. The molecule has 11 heteroatoms. The van der Waals surface area contributed by atoms with Gasteiger partial charge in [-0.1, -0.05) is 36.4 Å². The van der Waals surface area contributed by atoms with Gasteiger partial charge in [0.25, 0.3) is 5.91 Å². The van der Waals surface area contributed by atoms with Gasteiger partial charge in [-0.3, -0.25) is 20.2 Å². The van der Waals surface area contributed by atoms with Crippen LogP contribution in [-0.2, 0) is 0 Å². The summed E-state index contributed by atoms with van der Waals surface area (Å²) in [4.78, 5) is 24.9. The van der Waals surface area contributed by atoms with Gasteiger partial charge in [-0.25, -0.2) is 0 Å². The van der Waals surface area contributed by atoms with Crippen molar-refractivity contribution in [2.24, 2.45) is 0 Å². The molecule has 0 fully saturated rings. The van der Waals surface area contributed by atoms with Gasteiger partial charge in [0.05, 0.1) is 17.7 Å². The molecule has 0 aliphatic heterocycles. The van der Waals surface area contributed by atoms with Crippen LogP contribution < -0.4 is 15.4 Å². The molecule has 2 N–H and O–H groups in total. The molecule has 0 atom stereocenters. The Morgan fingerprint density at radius 1 is 1.03 bits per heavy atom. The second kappa shape index (κ2) is 9.63. The fourth-order valence-corrected chi connectivity index (χ4v) is 4.20. The van der Waals surface area contributed by atoms with Gasteiger partial charge in [-0.05, 0) is 60.4 Å². The number of anilines is 1. The van der Waals surface area contributed by atoms with Crippen molar-refractivity contribution in [1.29, 1.82) is 0 Å². The first kappa shape index (κ1) is 23.8. The Bertz CT molecular complexity index is 1710. The van der Waals surface area contributed by atoms with Crippen LogP contribution in [-0.4, -0.2) is 38.0 Å². The summed E-state index contributed by atoms with van der Waals surface area (Å²) in [5.74, 6) is -0.536. The van der Waals surface area contributed by atoms with E-state index in [1.54, 1.807) is 10.9 Å². The van der Waals surface area contributed by atoms with Crippen LogP contribution in [0, 0.1) is 17.0 Å². The van der Waals surface area contributed by atoms with E-state index in [1.165, 1.54) is 19.2 Å². The zero-order valence-electron chi connectivity index (χ0n) is 19.8. The molecule has 0 saturated heterocycles. The number of carbonyl (C=O) groups is 1. The highest BCUT2D eigenvalue weighted by molar-refractivity contribution is 7.80. The highest BCUT2D eigenvalue weighted by atomic mass is 32.1. The Morgan fingerprint density at radius 2 is 1.76 bits per heavy atom. The molecule has 37 heavy (non-hydrogen) atoms. The smallest absolute Gasteiger partial charge is 0.311 e. The van der Waals surface area contributed by atoms with Crippen LogP contribution in [0.3, 0.4) is 0 Å². The van der Waals surface area contributed by atoms with Crippen LogP contribution in [0.1, 0.15) is 15.9 Å².